The van der Waals surface area contributed by atoms with Crippen LogP contribution in [0.5, 0.6) is 5.75 Å². The molecule has 0 radical (unpaired) electrons. The number of ketones is 1. The molecule has 2 rings (SSSR count). The minimum atomic E-state index is 0.150. The quantitative estimate of drug-likeness (QED) is 0.658. The molecular weight excluding hydrogens is 226 g/mol. The van der Waals surface area contributed by atoms with Gasteiger partial charge in [0.2, 0.25) is 0 Å². The van der Waals surface area contributed by atoms with Crippen molar-refractivity contribution in [2.45, 2.75) is 32.6 Å². The minimum Gasteiger partial charge on any atom is -0.497 e. The molecule has 0 amide bonds. The van der Waals surface area contributed by atoms with E-state index in [0.29, 0.717) is 17.0 Å². The molecule has 18 heavy (non-hydrogen) atoms. The van der Waals surface area contributed by atoms with Gasteiger partial charge in [-0.1, -0.05) is 19.8 Å². The molecule has 1 aromatic carbocycles. The first-order valence-corrected chi connectivity index (χ1v) is 6.59. The second-order valence-corrected chi connectivity index (χ2v) is 5.27. The summed E-state index contributed by atoms with van der Waals surface area (Å²) in [4.78, 5) is 12.4. The number of hydrogen-bond donors (Lipinski definition) is 1. The predicted molar refractivity (Wildman–Crippen MR) is 72.9 cm³/mol. The number of ether oxygens (including phenoxy) is 1. The van der Waals surface area contributed by atoms with Crippen molar-refractivity contribution in [2.24, 2.45) is 11.8 Å². The Morgan fingerprint density at radius 2 is 1.94 bits per heavy atom. The smallest absolute Gasteiger partial charge is 0.168 e. The van der Waals surface area contributed by atoms with Crippen molar-refractivity contribution in [1.82, 2.24) is 0 Å². The second kappa shape index (κ2) is 5.42. The number of methoxy groups -OCH3 is 1. The highest BCUT2D eigenvalue weighted by Gasteiger charge is 2.26. The molecule has 3 nitrogen and oxygen atoms in total. The minimum absolute atomic E-state index is 0.150. The number of Topliss-reactive ketones (excluding diaryl/α,β-unsaturated/α-hetero) is 1. The van der Waals surface area contributed by atoms with Gasteiger partial charge in [0, 0.05) is 23.2 Å². The Kier molecular flexibility index (Phi) is 3.90. The number of nitrogens with two attached hydrogens (primary N) is 1. The molecule has 1 saturated carbocycles. The SMILES string of the molecule is COc1ccc(C(=O)C2CCC(C)CC2)c(N)c1. The molecule has 0 bridgehead atoms. The Morgan fingerprint density at radius 3 is 2.50 bits per heavy atom. The summed E-state index contributed by atoms with van der Waals surface area (Å²) >= 11 is 0. The summed E-state index contributed by atoms with van der Waals surface area (Å²) in [7, 11) is 1.60. The Morgan fingerprint density at radius 1 is 1.28 bits per heavy atom. The molecule has 98 valence electrons. The van der Waals surface area contributed by atoms with Gasteiger partial charge in [0.05, 0.1) is 7.11 Å². The van der Waals surface area contributed by atoms with Gasteiger partial charge in [-0.3, -0.25) is 4.79 Å². The van der Waals surface area contributed by atoms with Crippen LogP contribution in [0.25, 0.3) is 0 Å². The van der Waals surface area contributed by atoms with Gasteiger partial charge in [-0.25, -0.2) is 0 Å². The summed E-state index contributed by atoms with van der Waals surface area (Å²) in [5.74, 6) is 1.79. The molecule has 0 unspecified atom stereocenters. The molecule has 0 saturated heterocycles. The largest absolute Gasteiger partial charge is 0.497 e. The van der Waals surface area contributed by atoms with Gasteiger partial charge in [0.25, 0.3) is 0 Å². The average Bonchev–Trinajstić information content (AvgIpc) is 2.38. The standard InChI is InChI=1S/C15H21NO2/c1-10-3-5-11(6-4-10)15(17)13-8-7-12(18-2)9-14(13)16/h7-11H,3-6,16H2,1-2H3. The maximum Gasteiger partial charge on any atom is 0.168 e. The van der Waals surface area contributed by atoms with Crippen molar-refractivity contribution in [3.05, 3.63) is 23.8 Å². The van der Waals surface area contributed by atoms with Crippen LogP contribution in [-0.4, -0.2) is 12.9 Å². The molecule has 1 aromatic rings. The van der Waals surface area contributed by atoms with Crippen molar-refractivity contribution < 1.29 is 9.53 Å². The number of carbonyl (C=O) groups is 1. The van der Waals surface area contributed by atoms with Gasteiger partial charge in [-0.2, -0.15) is 0 Å². The maximum absolute atomic E-state index is 12.4. The first-order chi connectivity index (χ1) is 8.61. The molecule has 0 spiro atoms. The van der Waals surface area contributed by atoms with Crippen molar-refractivity contribution in [2.75, 3.05) is 12.8 Å². The molecule has 0 aromatic heterocycles. The Bertz CT molecular complexity index is 434. The van der Waals surface area contributed by atoms with Gasteiger partial charge < -0.3 is 10.5 Å². The summed E-state index contributed by atoms with van der Waals surface area (Å²) in [6.07, 6.45) is 4.27. The third-order valence-electron chi connectivity index (χ3n) is 3.91. The molecule has 0 heterocycles. The zero-order chi connectivity index (χ0) is 13.1. The third kappa shape index (κ3) is 2.66. The second-order valence-electron chi connectivity index (χ2n) is 5.27. The van der Waals surface area contributed by atoms with E-state index in [1.54, 1.807) is 25.3 Å². The van der Waals surface area contributed by atoms with Crippen LogP contribution in [-0.2, 0) is 0 Å². The molecule has 1 aliphatic rings. The van der Waals surface area contributed by atoms with Crippen LogP contribution >= 0.6 is 0 Å². The lowest BCUT2D eigenvalue weighted by atomic mass is 9.79. The van der Waals surface area contributed by atoms with Crippen molar-refractivity contribution >= 4 is 11.5 Å². The number of carbonyl (C=O) groups excluding carboxylic acids is 1. The monoisotopic (exact) mass is 247 g/mol. The van der Waals surface area contributed by atoms with Crippen LogP contribution in [0.3, 0.4) is 0 Å². The van der Waals surface area contributed by atoms with Gasteiger partial charge in [0.1, 0.15) is 5.75 Å². The van der Waals surface area contributed by atoms with Gasteiger partial charge >= 0.3 is 0 Å². The van der Waals surface area contributed by atoms with Crippen LogP contribution in [0, 0.1) is 11.8 Å². The van der Waals surface area contributed by atoms with E-state index in [1.807, 2.05) is 0 Å². The van der Waals surface area contributed by atoms with Crippen LogP contribution in [0.1, 0.15) is 43.0 Å². The number of hydrogen-bond acceptors (Lipinski definition) is 3. The topological polar surface area (TPSA) is 52.3 Å². The van der Waals surface area contributed by atoms with Crippen LogP contribution < -0.4 is 10.5 Å². The van der Waals surface area contributed by atoms with Crippen LogP contribution in [0.4, 0.5) is 5.69 Å². The number of nitrogen functional groups attached to an aromatic ring is 1. The number of rotatable bonds is 3. The number of benzene rings is 1. The van der Waals surface area contributed by atoms with E-state index < -0.39 is 0 Å². The molecule has 3 heteroatoms. The molecule has 0 aliphatic heterocycles. The van der Waals surface area contributed by atoms with Gasteiger partial charge in [-0.15, -0.1) is 0 Å². The average molecular weight is 247 g/mol. The molecular formula is C15H21NO2. The fourth-order valence-corrected chi connectivity index (χ4v) is 2.63. The predicted octanol–water partition coefficient (Wildman–Crippen LogP) is 3.29. The van der Waals surface area contributed by atoms with E-state index in [0.717, 1.165) is 31.6 Å². The highest BCUT2D eigenvalue weighted by molar-refractivity contribution is 6.02. The van der Waals surface area contributed by atoms with Crippen LogP contribution in [0.2, 0.25) is 0 Å². The first-order valence-electron chi connectivity index (χ1n) is 6.59. The first kappa shape index (κ1) is 12.9. The van der Waals surface area contributed by atoms with E-state index in [9.17, 15) is 4.79 Å². The Balaban J connectivity index is 2.13. The van der Waals surface area contributed by atoms with E-state index in [2.05, 4.69) is 6.92 Å². The van der Waals surface area contributed by atoms with Gasteiger partial charge in [-0.05, 0) is 30.9 Å². The number of anilines is 1. The zero-order valence-corrected chi connectivity index (χ0v) is 11.1. The van der Waals surface area contributed by atoms with E-state index in [4.69, 9.17) is 10.5 Å². The Hall–Kier alpha value is -1.51. The normalized spacial score (nSPS) is 23.7. The molecule has 2 N–H and O–H groups in total. The van der Waals surface area contributed by atoms with E-state index in [1.165, 1.54) is 0 Å². The summed E-state index contributed by atoms with van der Waals surface area (Å²) in [5, 5.41) is 0. The van der Waals surface area contributed by atoms with Crippen LogP contribution in [0.15, 0.2) is 18.2 Å². The fourth-order valence-electron chi connectivity index (χ4n) is 2.63. The van der Waals surface area contributed by atoms with Crippen molar-refractivity contribution in [1.29, 1.82) is 0 Å². The maximum atomic E-state index is 12.4. The summed E-state index contributed by atoms with van der Waals surface area (Å²) in [6, 6.07) is 5.31. The van der Waals surface area contributed by atoms with Gasteiger partial charge in [0.15, 0.2) is 5.78 Å². The lowest BCUT2D eigenvalue weighted by molar-refractivity contribution is 0.0876. The summed E-state index contributed by atoms with van der Waals surface area (Å²) in [6.45, 7) is 2.25. The third-order valence-corrected chi connectivity index (χ3v) is 3.91. The summed E-state index contributed by atoms with van der Waals surface area (Å²) < 4.78 is 5.10. The Labute approximate surface area is 108 Å². The fraction of sp³-hybridized carbons (Fsp3) is 0.533. The lowest BCUT2D eigenvalue weighted by Crippen LogP contribution is -2.21. The zero-order valence-electron chi connectivity index (χ0n) is 11.1. The highest BCUT2D eigenvalue weighted by Crippen LogP contribution is 2.32. The van der Waals surface area contributed by atoms with E-state index >= 15 is 0 Å². The van der Waals surface area contributed by atoms with E-state index in [-0.39, 0.29) is 11.7 Å². The molecule has 1 fully saturated rings. The lowest BCUT2D eigenvalue weighted by Gasteiger charge is -2.25. The van der Waals surface area contributed by atoms with Crippen molar-refractivity contribution in [3.63, 3.8) is 0 Å². The molecule has 0 atom stereocenters. The summed E-state index contributed by atoms with van der Waals surface area (Å²) in [5.41, 5.74) is 7.11. The highest BCUT2D eigenvalue weighted by atomic mass is 16.5. The molecule has 1 aliphatic carbocycles. The van der Waals surface area contributed by atoms with Crippen molar-refractivity contribution in [3.8, 4) is 5.75 Å².